The molecular formula is C8H6BrClN4. The summed E-state index contributed by atoms with van der Waals surface area (Å²) in [6, 6.07) is 0.528. The summed E-state index contributed by atoms with van der Waals surface area (Å²) in [5, 5.41) is 0.270. The van der Waals surface area contributed by atoms with Gasteiger partial charge in [-0.3, -0.25) is 4.57 Å². The number of rotatable bonds is 1. The van der Waals surface area contributed by atoms with E-state index in [1.165, 1.54) is 12.8 Å². The Kier molecular flexibility index (Phi) is 1.79. The quantitative estimate of drug-likeness (QED) is 0.592. The molecule has 0 unspecified atom stereocenters. The molecule has 2 aromatic heterocycles. The molecule has 72 valence electrons. The van der Waals surface area contributed by atoms with Gasteiger partial charge in [0.15, 0.2) is 10.4 Å². The first-order valence-corrected chi connectivity index (χ1v) is 5.49. The number of aromatic nitrogens is 4. The number of fused-ring (bicyclic) bond motifs is 1. The summed E-state index contributed by atoms with van der Waals surface area (Å²) < 4.78 is 2.88. The Morgan fingerprint density at radius 1 is 1.43 bits per heavy atom. The van der Waals surface area contributed by atoms with E-state index in [0.29, 0.717) is 6.04 Å². The van der Waals surface area contributed by atoms with E-state index in [-0.39, 0.29) is 5.28 Å². The van der Waals surface area contributed by atoms with Gasteiger partial charge in [-0.15, -0.1) is 0 Å². The van der Waals surface area contributed by atoms with Crippen LogP contribution in [-0.2, 0) is 0 Å². The molecule has 0 aliphatic heterocycles. The van der Waals surface area contributed by atoms with Crippen LogP contribution in [0.1, 0.15) is 18.9 Å². The van der Waals surface area contributed by atoms with Crippen LogP contribution in [0.5, 0.6) is 0 Å². The van der Waals surface area contributed by atoms with Crippen LogP contribution in [-0.4, -0.2) is 19.5 Å². The van der Waals surface area contributed by atoms with Crippen molar-refractivity contribution in [3.63, 3.8) is 0 Å². The van der Waals surface area contributed by atoms with Gasteiger partial charge in [0.05, 0.1) is 6.20 Å². The second-order valence-corrected chi connectivity index (χ2v) is 4.38. The highest BCUT2D eigenvalue weighted by molar-refractivity contribution is 9.10. The number of imidazole rings is 1. The molecule has 2 aromatic rings. The van der Waals surface area contributed by atoms with Crippen molar-refractivity contribution in [1.82, 2.24) is 19.5 Å². The van der Waals surface area contributed by atoms with Crippen LogP contribution in [0.4, 0.5) is 0 Å². The van der Waals surface area contributed by atoms with Gasteiger partial charge in [0.1, 0.15) is 5.52 Å². The third-order valence-corrected chi connectivity index (χ3v) is 3.01. The molecule has 0 saturated heterocycles. The molecule has 0 spiro atoms. The molecule has 1 fully saturated rings. The summed E-state index contributed by atoms with van der Waals surface area (Å²) >= 11 is 9.16. The van der Waals surface area contributed by atoms with Gasteiger partial charge in [-0.2, -0.15) is 4.98 Å². The minimum Gasteiger partial charge on any atom is -0.300 e. The first kappa shape index (κ1) is 8.61. The van der Waals surface area contributed by atoms with E-state index in [1.807, 2.05) is 0 Å². The molecule has 0 N–H and O–H groups in total. The highest BCUT2D eigenvalue weighted by atomic mass is 79.9. The highest BCUT2D eigenvalue weighted by Gasteiger charge is 2.28. The summed E-state index contributed by atoms with van der Waals surface area (Å²) in [6.45, 7) is 0. The lowest BCUT2D eigenvalue weighted by molar-refractivity contribution is 0.736. The number of nitrogens with zero attached hydrogens (tertiary/aromatic N) is 4. The van der Waals surface area contributed by atoms with Gasteiger partial charge >= 0.3 is 0 Å². The molecule has 0 aromatic carbocycles. The average molecular weight is 274 g/mol. The van der Waals surface area contributed by atoms with Gasteiger partial charge in [0.2, 0.25) is 5.28 Å². The summed E-state index contributed by atoms with van der Waals surface area (Å²) in [5.74, 6) is 0. The lowest BCUT2D eigenvalue weighted by atomic mass is 10.5. The Morgan fingerprint density at radius 2 is 2.21 bits per heavy atom. The van der Waals surface area contributed by atoms with Crippen LogP contribution >= 0.6 is 27.5 Å². The highest BCUT2D eigenvalue weighted by Crippen LogP contribution is 2.39. The van der Waals surface area contributed by atoms with Gasteiger partial charge in [-0.05, 0) is 40.4 Å². The van der Waals surface area contributed by atoms with Crippen molar-refractivity contribution >= 4 is 38.7 Å². The molecule has 0 amide bonds. The molecule has 0 bridgehead atoms. The molecule has 3 rings (SSSR count). The third-order valence-electron chi connectivity index (χ3n) is 2.27. The third kappa shape index (κ3) is 1.23. The van der Waals surface area contributed by atoms with Gasteiger partial charge in [-0.1, -0.05) is 0 Å². The minimum absolute atomic E-state index is 0.270. The lowest BCUT2D eigenvalue weighted by Crippen LogP contribution is -1.96. The number of hydrogen-bond acceptors (Lipinski definition) is 3. The van der Waals surface area contributed by atoms with E-state index in [2.05, 4.69) is 35.4 Å². The van der Waals surface area contributed by atoms with Crippen LogP contribution in [0.3, 0.4) is 0 Å². The fourth-order valence-electron chi connectivity index (χ4n) is 1.50. The molecule has 2 heterocycles. The van der Waals surface area contributed by atoms with Crippen LogP contribution in [0, 0.1) is 0 Å². The number of hydrogen-bond donors (Lipinski definition) is 0. The maximum Gasteiger partial charge on any atom is 0.224 e. The Hall–Kier alpha value is -0.680. The maximum atomic E-state index is 5.75. The second-order valence-electron chi connectivity index (χ2n) is 3.33. The normalized spacial score (nSPS) is 16.4. The zero-order valence-corrected chi connectivity index (χ0v) is 9.46. The van der Waals surface area contributed by atoms with E-state index < -0.39 is 0 Å². The van der Waals surface area contributed by atoms with E-state index in [4.69, 9.17) is 11.6 Å². The first-order valence-electron chi connectivity index (χ1n) is 4.31. The molecule has 4 nitrogen and oxygen atoms in total. The molecular weight excluding hydrogens is 267 g/mol. The van der Waals surface area contributed by atoms with Crippen LogP contribution < -0.4 is 0 Å². The van der Waals surface area contributed by atoms with Crippen LogP contribution in [0.25, 0.3) is 11.2 Å². The molecule has 6 heteroatoms. The van der Waals surface area contributed by atoms with Crippen LogP contribution in [0.2, 0.25) is 5.28 Å². The number of halogens is 2. The van der Waals surface area contributed by atoms with Gasteiger partial charge in [0, 0.05) is 6.04 Å². The molecule has 0 atom stereocenters. The van der Waals surface area contributed by atoms with E-state index in [1.54, 1.807) is 6.20 Å². The van der Waals surface area contributed by atoms with E-state index >= 15 is 0 Å². The Bertz CT molecular complexity index is 505. The second kappa shape index (κ2) is 2.90. The van der Waals surface area contributed by atoms with Crippen molar-refractivity contribution in [3.05, 3.63) is 16.2 Å². The molecule has 1 saturated carbocycles. The Labute approximate surface area is 93.5 Å². The average Bonchev–Trinajstić information content (AvgIpc) is 2.90. The molecule has 0 radical (unpaired) electrons. The van der Waals surface area contributed by atoms with Gasteiger partial charge in [-0.25, -0.2) is 9.97 Å². The Balaban J connectivity index is 2.34. The first-order chi connectivity index (χ1) is 6.75. The zero-order valence-electron chi connectivity index (χ0n) is 7.11. The van der Waals surface area contributed by atoms with Crippen molar-refractivity contribution in [3.8, 4) is 0 Å². The largest absolute Gasteiger partial charge is 0.300 e. The molecule has 14 heavy (non-hydrogen) atoms. The fraction of sp³-hybridized carbons (Fsp3) is 0.375. The van der Waals surface area contributed by atoms with Gasteiger partial charge < -0.3 is 0 Å². The standard InChI is InChI=1S/C8H6BrClN4/c9-7-12-5-3-11-8(10)13-6(5)14(7)4-1-2-4/h3-4H,1-2H2. The van der Waals surface area contributed by atoms with Crippen molar-refractivity contribution < 1.29 is 0 Å². The minimum atomic E-state index is 0.270. The monoisotopic (exact) mass is 272 g/mol. The van der Waals surface area contributed by atoms with Gasteiger partial charge in [0.25, 0.3) is 0 Å². The SMILES string of the molecule is Clc1ncc2nc(Br)n(C3CC3)c2n1. The fourth-order valence-corrected chi connectivity index (χ4v) is 2.28. The summed E-state index contributed by atoms with van der Waals surface area (Å²) in [6.07, 6.45) is 4.02. The zero-order chi connectivity index (χ0) is 9.71. The summed E-state index contributed by atoms with van der Waals surface area (Å²) in [4.78, 5) is 12.4. The summed E-state index contributed by atoms with van der Waals surface area (Å²) in [5.41, 5.74) is 1.60. The maximum absolute atomic E-state index is 5.75. The van der Waals surface area contributed by atoms with Crippen molar-refractivity contribution in [2.24, 2.45) is 0 Å². The van der Waals surface area contributed by atoms with E-state index in [0.717, 1.165) is 15.9 Å². The van der Waals surface area contributed by atoms with Crippen LogP contribution in [0.15, 0.2) is 10.9 Å². The smallest absolute Gasteiger partial charge is 0.224 e. The summed E-state index contributed by atoms with van der Waals surface area (Å²) in [7, 11) is 0. The Morgan fingerprint density at radius 3 is 2.93 bits per heavy atom. The molecule has 1 aliphatic carbocycles. The van der Waals surface area contributed by atoms with Crippen molar-refractivity contribution in [1.29, 1.82) is 0 Å². The molecule has 1 aliphatic rings. The topological polar surface area (TPSA) is 43.6 Å². The van der Waals surface area contributed by atoms with Crippen molar-refractivity contribution in [2.45, 2.75) is 18.9 Å². The van der Waals surface area contributed by atoms with Crippen molar-refractivity contribution in [2.75, 3.05) is 0 Å². The van der Waals surface area contributed by atoms with E-state index in [9.17, 15) is 0 Å². The predicted octanol–water partition coefficient (Wildman–Crippen LogP) is 2.58. The predicted molar refractivity (Wildman–Crippen MR) is 56.3 cm³/mol. The lowest BCUT2D eigenvalue weighted by Gasteiger charge is -2.00.